The van der Waals surface area contributed by atoms with E-state index in [2.05, 4.69) is 25.9 Å². The fourth-order valence-corrected chi connectivity index (χ4v) is 3.80. The third-order valence-electron chi connectivity index (χ3n) is 5.00. The first-order valence-corrected chi connectivity index (χ1v) is 10.4. The lowest BCUT2D eigenvalue weighted by Crippen LogP contribution is -1.91. The molecule has 0 aliphatic rings. The Kier molecular flexibility index (Phi) is 4.91. The third kappa shape index (κ3) is 3.72. The van der Waals surface area contributed by atoms with Crippen molar-refractivity contribution < 1.29 is 14.4 Å². The maximum absolute atomic E-state index is 11.1. The Labute approximate surface area is 189 Å². The van der Waals surface area contributed by atoms with Gasteiger partial charge in [-0.25, -0.2) is 4.98 Å². The van der Waals surface area contributed by atoms with Gasteiger partial charge >= 0.3 is 0 Å². The molecule has 0 fully saturated rings. The van der Waals surface area contributed by atoms with Gasteiger partial charge in [-0.2, -0.15) is 0 Å². The van der Waals surface area contributed by atoms with Gasteiger partial charge in [-0.1, -0.05) is 30.3 Å². The fourth-order valence-electron chi connectivity index (χ4n) is 3.41. The van der Waals surface area contributed by atoms with Crippen molar-refractivity contribution in [1.29, 1.82) is 0 Å². The van der Waals surface area contributed by atoms with Crippen molar-refractivity contribution >= 4 is 55.4 Å². The van der Waals surface area contributed by atoms with Crippen LogP contribution in [0.5, 0.6) is 5.75 Å². The van der Waals surface area contributed by atoms with Gasteiger partial charge in [-0.05, 0) is 68.7 Å². The van der Waals surface area contributed by atoms with E-state index < -0.39 is 4.92 Å². The highest BCUT2D eigenvalue weighted by atomic mass is 79.9. The monoisotopic (exact) mass is 487 g/mol. The van der Waals surface area contributed by atoms with E-state index in [1.807, 2.05) is 30.3 Å². The number of aromatic nitrogens is 1. The minimum Gasteiger partial charge on any atom is -0.507 e. The van der Waals surface area contributed by atoms with Gasteiger partial charge in [-0.15, -0.1) is 0 Å². The number of aliphatic imine (C=N–C) groups is 1. The van der Waals surface area contributed by atoms with Crippen molar-refractivity contribution in [2.24, 2.45) is 4.99 Å². The summed E-state index contributed by atoms with van der Waals surface area (Å²) in [6.45, 7) is 0. The molecule has 4 aromatic carbocycles. The predicted molar refractivity (Wildman–Crippen MR) is 127 cm³/mol. The quantitative estimate of drug-likeness (QED) is 0.171. The summed E-state index contributed by atoms with van der Waals surface area (Å²) >= 11 is 3.17. The number of nitrogens with zero attached hydrogens (tertiary/aromatic N) is 3. The van der Waals surface area contributed by atoms with Gasteiger partial charge in [0.05, 0.1) is 20.6 Å². The summed E-state index contributed by atoms with van der Waals surface area (Å²) in [4.78, 5) is 19.6. The van der Waals surface area contributed by atoms with Gasteiger partial charge < -0.3 is 9.52 Å². The first kappa shape index (κ1) is 19.9. The van der Waals surface area contributed by atoms with Crippen LogP contribution in [0.2, 0.25) is 0 Å². The van der Waals surface area contributed by atoms with E-state index in [-0.39, 0.29) is 11.4 Å². The second-order valence-electron chi connectivity index (χ2n) is 7.11. The Morgan fingerprint density at radius 2 is 1.81 bits per heavy atom. The van der Waals surface area contributed by atoms with Crippen molar-refractivity contribution in [3.63, 3.8) is 0 Å². The number of hydrogen-bond donors (Lipinski definition) is 1. The van der Waals surface area contributed by atoms with E-state index in [9.17, 15) is 15.2 Å². The maximum atomic E-state index is 11.1. The first-order valence-electron chi connectivity index (χ1n) is 9.59. The Balaban J connectivity index is 1.49. The van der Waals surface area contributed by atoms with E-state index in [4.69, 9.17) is 4.42 Å². The van der Waals surface area contributed by atoms with Gasteiger partial charge in [0.2, 0.25) is 5.89 Å². The van der Waals surface area contributed by atoms with Gasteiger partial charge in [0.25, 0.3) is 5.69 Å². The van der Waals surface area contributed by atoms with E-state index in [0.717, 1.165) is 10.8 Å². The highest BCUT2D eigenvalue weighted by molar-refractivity contribution is 9.10. The van der Waals surface area contributed by atoms with Gasteiger partial charge in [-0.3, -0.25) is 15.1 Å². The van der Waals surface area contributed by atoms with E-state index >= 15 is 0 Å². The van der Waals surface area contributed by atoms with Crippen LogP contribution >= 0.6 is 15.9 Å². The molecular formula is C24H14BrN3O4. The zero-order valence-electron chi connectivity index (χ0n) is 16.4. The number of aromatic hydroxyl groups is 1. The molecule has 7 nitrogen and oxygen atoms in total. The Morgan fingerprint density at radius 1 is 1.03 bits per heavy atom. The SMILES string of the molecule is O=[N+]([O-])c1cc(C=Nc2ccc3oc(-c4cc5ccccc5cc4O)nc3c2)ccc1Br. The highest BCUT2D eigenvalue weighted by Gasteiger charge is 2.14. The minimum atomic E-state index is -0.452. The van der Waals surface area contributed by atoms with Crippen LogP contribution in [0.15, 0.2) is 86.7 Å². The van der Waals surface area contributed by atoms with Crippen molar-refractivity contribution in [2.45, 2.75) is 0 Å². The summed E-state index contributed by atoms with van der Waals surface area (Å²) in [5, 5.41) is 23.5. The van der Waals surface area contributed by atoms with E-state index in [1.165, 1.54) is 6.07 Å². The van der Waals surface area contributed by atoms with Gasteiger partial charge in [0.15, 0.2) is 5.58 Å². The molecule has 0 radical (unpaired) electrons. The molecule has 0 atom stereocenters. The fraction of sp³-hybridized carbons (Fsp3) is 0. The normalized spacial score (nSPS) is 11.5. The summed E-state index contributed by atoms with van der Waals surface area (Å²) in [5.74, 6) is 0.401. The summed E-state index contributed by atoms with van der Waals surface area (Å²) in [7, 11) is 0. The molecule has 0 saturated carbocycles. The summed E-state index contributed by atoms with van der Waals surface area (Å²) in [6.07, 6.45) is 1.55. The lowest BCUT2D eigenvalue weighted by atomic mass is 10.1. The molecule has 0 bridgehead atoms. The standard InChI is InChI=1S/C24H14BrN3O4/c25-19-7-5-14(9-21(19)28(30)31)13-26-17-6-8-23-20(12-17)27-24(32-23)18-10-15-3-1-2-4-16(15)11-22(18)29/h1-13,29H. The molecule has 0 spiro atoms. The topological polar surface area (TPSA) is 102 Å². The smallest absolute Gasteiger partial charge is 0.284 e. The van der Waals surface area contributed by atoms with Crippen LogP contribution in [0, 0.1) is 10.1 Å². The number of rotatable bonds is 4. The Morgan fingerprint density at radius 3 is 2.59 bits per heavy atom. The Bertz CT molecular complexity index is 1540. The molecule has 156 valence electrons. The van der Waals surface area contributed by atoms with Crippen LogP contribution in [0.25, 0.3) is 33.3 Å². The number of nitro groups is 1. The van der Waals surface area contributed by atoms with E-state index in [1.54, 1.807) is 42.6 Å². The summed E-state index contributed by atoms with van der Waals surface area (Å²) in [5.41, 5.74) is 2.84. The molecule has 1 N–H and O–H groups in total. The molecule has 1 aromatic heterocycles. The lowest BCUT2D eigenvalue weighted by molar-refractivity contribution is -0.385. The molecule has 5 rings (SSSR count). The predicted octanol–water partition coefficient (Wildman–Crippen LogP) is 6.77. The Hall–Kier alpha value is -4.04. The average molecular weight is 488 g/mol. The second-order valence-corrected chi connectivity index (χ2v) is 7.97. The van der Waals surface area contributed by atoms with Crippen molar-refractivity contribution in [1.82, 2.24) is 4.98 Å². The van der Waals surface area contributed by atoms with Crippen LogP contribution in [0.3, 0.4) is 0 Å². The number of fused-ring (bicyclic) bond motifs is 2. The van der Waals surface area contributed by atoms with Crippen LogP contribution in [-0.4, -0.2) is 21.2 Å². The van der Waals surface area contributed by atoms with Crippen LogP contribution in [0.4, 0.5) is 11.4 Å². The molecule has 0 saturated heterocycles. The maximum Gasteiger partial charge on any atom is 0.284 e. The number of nitro benzene ring substituents is 1. The van der Waals surface area contributed by atoms with Crippen LogP contribution in [0.1, 0.15) is 5.56 Å². The zero-order chi connectivity index (χ0) is 22.2. The summed E-state index contributed by atoms with van der Waals surface area (Å²) in [6, 6.07) is 21.3. The average Bonchev–Trinajstić information content (AvgIpc) is 3.21. The number of benzene rings is 4. The number of halogens is 1. The molecule has 1 heterocycles. The second kappa shape index (κ2) is 7.90. The number of oxazole rings is 1. The molecule has 0 aliphatic heterocycles. The van der Waals surface area contributed by atoms with Gasteiger partial charge in [0, 0.05) is 12.3 Å². The lowest BCUT2D eigenvalue weighted by Gasteiger charge is -2.03. The third-order valence-corrected chi connectivity index (χ3v) is 5.67. The molecule has 0 aliphatic carbocycles. The van der Waals surface area contributed by atoms with Crippen molar-refractivity contribution in [2.75, 3.05) is 0 Å². The van der Waals surface area contributed by atoms with Gasteiger partial charge in [0.1, 0.15) is 11.3 Å². The van der Waals surface area contributed by atoms with Crippen LogP contribution in [-0.2, 0) is 0 Å². The zero-order valence-corrected chi connectivity index (χ0v) is 18.0. The van der Waals surface area contributed by atoms with Crippen molar-refractivity contribution in [3.05, 3.63) is 92.9 Å². The number of phenols is 1. The number of hydrogen-bond acceptors (Lipinski definition) is 6. The number of phenolic OH excluding ortho intramolecular Hbond substituents is 1. The molecule has 5 aromatic rings. The largest absolute Gasteiger partial charge is 0.507 e. The molecule has 8 heteroatoms. The molecule has 0 amide bonds. The molecule has 32 heavy (non-hydrogen) atoms. The van der Waals surface area contributed by atoms with Crippen molar-refractivity contribution in [3.8, 4) is 17.2 Å². The first-order chi connectivity index (χ1) is 15.5. The van der Waals surface area contributed by atoms with Crippen LogP contribution < -0.4 is 0 Å². The molecular weight excluding hydrogens is 474 g/mol. The van der Waals surface area contributed by atoms with E-state index in [0.29, 0.717) is 38.3 Å². The minimum absolute atomic E-state index is 0.0271. The summed E-state index contributed by atoms with van der Waals surface area (Å²) < 4.78 is 6.26. The molecule has 0 unspecified atom stereocenters. The highest BCUT2D eigenvalue weighted by Crippen LogP contribution is 2.35.